The van der Waals surface area contributed by atoms with Crippen molar-refractivity contribution in [3.8, 4) is 0 Å². The van der Waals surface area contributed by atoms with Crippen LogP contribution in [0, 0.1) is 13.8 Å². The molecule has 0 atom stereocenters. The van der Waals surface area contributed by atoms with Gasteiger partial charge in [-0.2, -0.15) is 0 Å². The highest BCUT2D eigenvalue weighted by atomic mass is 32.2. The maximum absolute atomic E-state index is 13.0. The predicted molar refractivity (Wildman–Crippen MR) is 96.6 cm³/mol. The predicted octanol–water partition coefficient (Wildman–Crippen LogP) is 2.58. The van der Waals surface area contributed by atoms with E-state index < -0.39 is 15.6 Å². The van der Waals surface area contributed by atoms with Crippen molar-refractivity contribution >= 4 is 26.6 Å². The highest BCUT2D eigenvalue weighted by molar-refractivity contribution is 7.89. The number of hydrogen-bond donors (Lipinski definition) is 1. The fourth-order valence-electron chi connectivity index (χ4n) is 2.73. The minimum Gasteiger partial charge on any atom is -0.399 e. The molecule has 1 aromatic heterocycles. The van der Waals surface area contributed by atoms with Crippen molar-refractivity contribution in [3.63, 3.8) is 0 Å². The first-order valence-corrected chi connectivity index (χ1v) is 9.10. The zero-order valence-corrected chi connectivity index (χ0v) is 14.3. The topological polar surface area (TPSA) is 82.2 Å². The van der Waals surface area contributed by atoms with E-state index in [1.54, 1.807) is 37.3 Å². The van der Waals surface area contributed by atoms with Gasteiger partial charge in [-0.05, 0) is 48.6 Å². The first-order chi connectivity index (χ1) is 11.3. The zero-order valence-electron chi connectivity index (χ0n) is 13.5. The summed E-state index contributed by atoms with van der Waals surface area (Å²) in [6.07, 6.45) is 0. The molecule has 5 nitrogen and oxygen atoms in total. The number of rotatable bonds is 3. The summed E-state index contributed by atoms with van der Waals surface area (Å²) in [4.78, 5) is 12.6. The molecule has 124 valence electrons. The quantitative estimate of drug-likeness (QED) is 0.742. The van der Waals surface area contributed by atoms with E-state index in [0.717, 1.165) is 9.54 Å². The first-order valence-electron chi connectivity index (χ1n) is 7.49. The Morgan fingerprint density at radius 3 is 2.42 bits per heavy atom. The normalized spacial score (nSPS) is 11.8. The summed E-state index contributed by atoms with van der Waals surface area (Å²) in [5.74, 6) is -0.243. The van der Waals surface area contributed by atoms with Gasteiger partial charge in [-0.3, -0.25) is 4.79 Å². The average molecular weight is 342 g/mol. The molecule has 0 saturated carbocycles. The molecule has 24 heavy (non-hydrogen) atoms. The van der Waals surface area contributed by atoms with Crippen LogP contribution in [-0.4, -0.2) is 12.4 Å². The number of aryl methyl sites for hydroxylation is 2. The summed E-state index contributed by atoms with van der Waals surface area (Å²) < 4.78 is 26.8. The monoisotopic (exact) mass is 342 g/mol. The third-order valence-electron chi connectivity index (χ3n) is 4.04. The number of nitrogen functional groups attached to an aromatic ring is 1. The Labute approximate surface area is 140 Å². The van der Waals surface area contributed by atoms with Crippen molar-refractivity contribution in [3.05, 3.63) is 75.6 Å². The van der Waals surface area contributed by atoms with Gasteiger partial charge in [0.15, 0.2) is 0 Å². The molecular weight excluding hydrogens is 324 g/mol. The molecule has 0 fully saturated rings. The number of aromatic nitrogens is 1. The van der Waals surface area contributed by atoms with Gasteiger partial charge in [0.1, 0.15) is 0 Å². The van der Waals surface area contributed by atoms with Gasteiger partial charge in [-0.1, -0.05) is 30.3 Å². The first kappa shape index (κ1) is 16.3. The largest absolute Gasteiger partial charge is 0.399 e. The number of anilines is 1. The van der Waals surface area contributed by atoms with E-state index >= 15 is 0 Å². The van der Waals surface area contributed by atoms with Crippen LogP contribution in [0.15, 0.2) is 53.3 Å². The van der Waals surface area contributed by atoms with Gasteiger partial charge in [-0.15, -0.1) is 0 Å². The summed E-state index contributed by atoms with van der Waals surface area (Å²) in [5.41, 5.74) is 7.87. The van der Waals surface area contributed by atoms with Crippen LogP contribution in [-0.2, 0) is 15.8 Å². The molecule has 3 aromatic rings. The maximum Gasteiger partial charge on any atom is 0.267 e. The van der Waals surface area contributed by atoms with Gasteiger partial charge >= 0.3 is 0 Å². The van der Waals surface area contributed by atoms with Gasteiger partial charge in [0.2, 0.25) is 10.0 Å². The number of fused-ring (bicyclic) bond motifs is 1. The van der Waals surface area contributed by atoms with Crippen molar-refractivity contribution in [2.45, 2.75) is 19.6 Å². The molecule has 1 heterocycles. The number of pyridine rings is 1. The van der Waals surface area contributed by atoms with Gasteiger partial charge in [0.05, 0.1) is 11.3 Å². The summed E-state index contributed by atoms with van der Waals surface area (Å²) in [6.45, 7) is 3.46. The molecule has 6 heteroatoms. The smallest absolute Gasteiger partial charge is 0.267 e. The lowest BCUT2D eigenvalue weighted by Crippen LogP contribution is -2.30. The Hall–Kier alpha value is -2.60. The Bertz CT molecular complexity index is 1100. The van der Waals surface area contributed by atoms with Crippen molar-refractivity contribution in [2.75, 3.05) is 5.73 Å². The Morgan fingerprint density at radius 2 is 1.71 bits per heavy atom. The van der Waals surface area contributed by atoms with Crippen molar-refractivity contribution in [1.29, 1.82) is 0 Å². The Kier molecular flexibility index (Phi) is 3.93. The zero-order chi connectivity index (χ0) is 17.5. The van der Waals surface area contributed by atoms with Gasteiger partial charge < -0.3 is 5.73 Å². The van der Waals surface area contributed by atoms with E-state index in [-0.39, 0.29) is 5.75 Å². The summed E-state index contributed by atoms with van der Waals surface area (Å²) in [6, 6.07) is 13.8. The number of nitrogens with zero attached hydrogens (tertiary/aromatic N) is 1. The fourth-order valence-corrected chi connectivity index (χ4v) is 4.43. The third kappa shape index (κ3) is 2.80. The highest BCUT2D eigenvalue weighted by Gasteiger charge is 2.21. The minimum atomic E-state index is -3.88. The molecule has 0 saturated heterocycles. The van der Waals surface area contributed by atoms with Crippen LogP contribution in [0.1, 0.15) is 16.7 Å². The minimum absolute atomic E-state index is 0.243. The maximum atomic E-state index is 13.0. The number of hydrogen-bond acceptors (Lipinski definition) is 4. The summed E-state index contributed by atoms with van der Waals surface area (Å²) in [7, 11) is -3.88. The summed E-state index contributed by atoms with van der Waals surface area (Å²) >= 11 is 0. The number of benzene rings is 2. The molecule has 0 aliphatic rings. The Morgan fingerprint density at radius 1 is 1.00 bits per heavy atom. The fraction of sp³-hybridized carbons (Fsp3) is 0.167. The molecule has 0 aliphatic heterocycles. The molecule has 0 unspecified atom stereocenters. The summed E-state index contributed by atoms with van der Waals surface area (Å²) in [5, 5.41) is 0.662. The van der Waals surface area contributed by atoms with Crippen molar-refractivity contribution in [1.82, 2.24) is 3.97 Å². The second kappa shape index (κ2) is 5.79. The molecule has 2 N–H and O–H groups in total. The lowest BCUT2D eigenvalue weighted by atomic mass is 10.1. The van der Waals surface area contributed by atoms with Crippen LogP contribution in [0.5, 0.6) is 0 Å². The van der Waals surface area contributed by atoms with Gasteiger partial charge in [0, 0.05) is 11.3 Å². The van der Waals surface area contributed by atoms with E-state index in [4.69, 9.17) is 5.73 Å². The second-order valence-electron chi connectivity index (χ2n) is 5.90. The molecular formula is C18H18N2O3S. The van der Waals surface area contributed by atoms with E-state index in [1.165, 1.54) is 6.07 Å². The van der Waals surface area contributed by atoms with E-state index in [1.807, 2.05) is 19.1 Å². The van der Waals surface area contributed by atoms with E-state index in [0.29, 0.717) is 27.7 Å². The van der Waals surface area contributed by atoms with Gasteiger partial charge in [-0.25, -0.2) is 12.4 Å². The molecule has 0 bridgehead atoms. The SMILES string of the molecule is Cc1ccccc1CS(=O)(=O)n1c(=O)c(C)cc2ccc(N)cc21. The second-order valence-corrected chi connectivity index (χ2v) is 7.72. The lowest BCUT2D eigenvalue weighted by Gasteiger charge is -2.14. The molecule has 0 radical (unpaired) electrons. The lowest BCUT2D eigenvalue weighted by molar-refractivity contribution is 0.586. The third-order valence-corrected chi connectivity index (χ3v) is 5.64. The Balaban J connectivity index is 2.28. The van der Waals surface area contributed by atoms with E-state index in [9.17, 15) is 13.2 Å². The van der Waals surface area contributed by atoms with Crippen LogP contribution in [0.4, 0.5) is 5.69 Å². The van der Waals surface area contributed by atoms with Gasteiger partial charge in [0.25, 0.3) is 5.56 Å². The van der Waals surface area contributed by atoms with Crippen molar-refractivity contribution < 1.29 is 8.42 Å². The van der Waals surface area contributed by atoms with Crippen LogP contribution in [0.3, 0.4) is 0 Å². The molecule has 0 amide bonds. The highest BCUT2D eigenvalue weighted by Crippen LogP contribution is 2.21. The number of nitrogens with two attached hydrogens (primary N) is 1. The molecule has 3 rings (SSSR count). The van der Waals surface area contributed by atoms with Crippen LogP contribution >= 0.6 is 0 Å². The van der Waals surface area contributed by atoms with Crippen LogP contribution in [0.2, 0.25) is 0 Å². The van der Waals surface area contributed by atoms with Crippen molar-refractivity contribution in [2.24, 2.45) is 0 Å². The standard InChI is InChI=1S/C18H18N2O3S/c1-12-5-3-4-6-15(12)11-24(22,23)20-17-10-16(19)8-7-14(17)9-13(2)18(20)21/h3-10H,11,19H2,1-2H3. The van der Waals surface area contributed by atoms with E-state index in [2.05, 4.69) is 0 Å². The molecule has 0 aliphatic carbocycles. The van der Waals surface area contributed by atoms with Crippen LogP contribution < -0.4 is 11.3 Å². The average Bonchev–Trinajstić information content (AvgIpc) is 2.51. The molecule has 2 aromatic carbocycles. The molecule has 0 spiro atoms. The van der Waals surface area contributed by atoms with Crippen LogP contribution in [0.25, 0.3) is 10.9 Å².